The number of aldehydes is 1. The Bertz CT molecular complexity index is 1490. The summed E-state index contributed by atoms with van der Waals surface area (Å²) in [5, 5.41) is 8.10. The van der Waals surface area contributed by atoms with Crippen molar-refractivity contribution < 1.29 is 36.0 Å². The largest absolute Gasteiger partial charge is 0.403 e. The van der Waals surface area contributed by atoms with Crippen LogP contribution in [0.25, 0.3) is 11.1 Å². The second-order valence-corrected chi connectivity index (χ2v) is 12.9. The number of hydrogen-bond donors (Lipinski definition) is 0. The highest BCUT2D eigenvalue weighted by atomic mass is 32.2. The van der Waals surface area contributed by atoms with Crippen LogP contribution >= 0.6 is 0 Å². The zero-order valence-electron chi connectivity index (χ0n) is 20.8. The molecular weight excluding hydrogens is 533 g/mol. The monoisotopic (exact) mass is 558 g/mol. The molecule has 2 aliphatic carbocycles. The molecule has 0 N–H and O–H groups in total. The van der Waals surface area contributed by atoms with Crippen LogP contribution in [0, 0.1) is 22.2 Å². The molecule has 1 saturated heterocycles. The van der Waals surface area contributed by atoms with E-state index in [2.05, 4.69) is 6.07 Å². The zero-order valence-corrected chi connectivity index (χ0v) is 21.6. The quantitative estimate of drug-likeness (QED) is 0.441. The third-order valence-corrected chi connectivity index (χ3v) is 10.4. The number of nitrogens with zero attached hydrogens (tertiary/aromatic N) is 2. The van der Waals surface area contributed by atoms with Crippen molar-refractivity contribution in [2.75, 3.05) is 6.54 Å². The molecule has 3 aliphatic rings. The van der Waals surface area contributed by atoms with Gasteiger partial charge in [0.15, 0.2) is 21.9 Å². The van der Waals surface area contributed by atoms with Gasteiger partial charge in [-0.2, -0.15) is 18.4 Å². The van der Waals surface area contributed by atoms with Gasteiger partial charge in [0.25, 0.3) is 0 Å². The molecule has 1 heterocycles. The average molecular weight is 559 g/mol. The summed E-state index contributed by atoms with van der Waals surface area (Å²) in [4.78, 5) is 38.4. The molecule has 2 aromatic carbocycles. The lowest BCUT2D eigenvalue weighted by Gasteiger charge is -2.29. The van der Waals surface area contributed by atoms with Crippen LogP contribution in [0.15, 0.2) is 53.4 Å². The summed E-state index contributed by atoms with van der Waals surface area (Å²) >= 11 is 0. The van der Waals surface area contributed by atoms with Crippen molar-refractivity contribution in [2.45, 2.75) is 60.9 Å². The Kier molecular flexibility index (Phi) is 6.45. The number of sulfone groups is 1. The number of Topliss-reactive ketones (excluding diaryl/α,β-unsaturated/α-hetero) is 1. The smallest absolute Gasteiger partial charge is 0.331 e. The minimum absolute atomic E-state index is 0.104. The van der Waals surface area contributed by atoms with Crippen LogP contribution in [-0.4, -0.2) is 55.3 Å². The number of amides is 1. The molecule has 1 amide bonds. The highest BCUT2D eigenvalue weighted by molar-refractivity contribution is 7.92. The molecule has 0 aromatic heterocycles. The number of hydrogen-bond acceptors (Lipinski definition) is 6. The van der Waals surface area contributed by atoms with Crippen molar-refractivity contribution in [2.24, 2.45) is 10.8 Å². The summed E-state index contributed by atoms with van der Waals surface area (Å²) in [6.45, 7) is -0.537. The first-order valence-corrected chi connectivity index (χ1v) is 14.1. The van der Waals surface area contributed by atoms with Gasteiger partial charge in [-0.1, -0.05) is 36.4 Å². The number of likely N-dealkylation sites (tertiary alicyclic amines) is 1. The van der Waals surface area contributed by atoms with Gasteiger partial charge in [-0.25, -0.2) is 8.42 Å². The first kappa shape index (κ1) is 27.1. The number of rotatable bonds is 8. The highest BCUT2D eigenvalue weighted by Gasteiger charge is 2.70. The number of halogens is 3. The van der Waals surface area contributed by atoms with Gasteiger partial charge in [-0.15, -0.1) is 0 Å². The third kappa shape index (κ3) is 4.65. The van der Waals surface area contributed by atoms with Crippen molar-refractivity contribution >= 4 is 27.8 Å². The second kappa shape index (κ2) is 9.30. The van der Waals surface area contributed by atoms with E-state index in [9.17, 15) is 41.2 Å². The van der Waals surface area contributed by atoms with Crippen LogP contribution in [0.2, 0.25) is 0 Å². The molecule has 0 spiro atoms. The molecule has 39 heavy (non-hydrogen) atoms. The normalized spacial score (nSPS) is 23.1. The van der Waals surface area contributed by atoms with E-state index in [1.54, 1.807) is 24.3 Å². The van der Waals surface area contributed by atoms with E-state index in [0.717, 1.165) is 4.90 Å². The average Bonchev–Trinajstić information content (AvgIpc) is 3.84. The predicted molar refractivity (Wildman–Crippen MR) is 133 cm³/mol. The summed E-state index contributed by atoms with van der Waals surface area (Å²) in [7, 11) is -4.14. The highest BCUT2D eigenvalue weighted by Crippen LogP contribution is 2.59. The van der Waals surface area contributed by atoms with Crippen LogP contribution in [-0.2, 0) is 19.4 Å². The van der Waals surface area contributed by atoms with Gasteiger partial charge in [-0.05, 0) is 55.4 Å². The maximum Gasteiger partial charge on any atom is 0.403 e. The molecule has 2 atom stereocenters. The fourth-order valence-corrected chi connectivity index (χ4v) is 7.07. The second-order valence-electron chi connectivity index (χ2n) is 10.7. The number of nitriles is 1. The summed E-state index contributed by atoms with van der Waals surface area (Å²) in [5.74, 6) is -1.85. The lowest BCUT2D eigenvalue weighted by molar-refractivity contribution is -0.199. The van der Waals surface area contributed by atoms with Gasteiger partial charge in [0.1, 0.15) is 5.41 Å². The number of carbonyl (C=O) groups excluding carboxylic acids is 3. The van der Waals surface area contributed by atoms with Gasteiger partial charge in [0.2, 0.25) is 5.91 Å². The molecule has 0 radical (unpaired) electrons. The number of benzene rings is 2. The zero-order chi connectivity index (χ0) is 28.2. The van der Waals surface area contributed by atoms with Crippen LogP contribution in [0.3, 0.4) is 0 Å². The molecule has 3 fully saturated rings. The van der Waals surface area contributed by atoms with Crippen LogP contribution in [0.1, 0.15) is 48.9 Å². The van der Waals surface area contributed by atoms with Crippen molar-refractivity contribution in [3.8, 4) is 17.2 Å². The summed E-state index contributed by atoms with van der Waals surface area (Å²) in [5.41, 5.74) is -1.86. The molecule has 2 aromatic rings. The van der Waals surface area contributed by atoms with E-state index in [0.29, 0.717) is 35.8 Å². The molecule has 1 aliphatic heterocycles. The van der Waals surface area contributed by atoms with Crippen LogP contribution < -0.4 is 0 Å². The molecule has 5 rings (SSSR count). The Morgan fingerprint density at radius 3 is 2.23 bits per heavy atom. The Hall–Kier alpha value is -3.52. The Labute approximate surface area is 223 Å². The maximum atomic E-state index is 13.8. The first-order chi connectivity index (χ1) is 18.4. The Morgan fingerprint density at radius 1 is 1.05 bits per heavy atom. The number of alkyl halides is 3. The Balaban J connectivity index is 1.43. The van der Waals surface area contributed by atoms with Gasteiger partial charge in [0, 0.05) is 18.5 Å². The fraction of sp³-hybridized carbons (Fsp3) is 0.429. The molecular formula is C28H25F3N2O5S. The predicted octanol–water partition coefficient (Wildman–Crippen LogP) is 4.51. The molecule has 2 saturated carbocycles. The Morgan fingerprint density at radius 2 is 1.69 bits per heavy atom. The maximum absolute atomic E-state index is 13.8. The van der Waals surface area contributed by atoms with E-state index in [4.69, 9.17) is 0 Å². The molecule has 0 bridgehead atoms. The van der Waals surface area contributed by atoms with E-state index in [1.165, 1.54) is 24.3 Å². The first-order valence-electron chi connectivity index (χ1n) is 12.6. The van der Waals surface area contributed by atoms with Gasteiger partial charge in [-0.3, -0.25) is 14.4 Å². The van der Waals surface area contributed by atoms with Crippen LogP contribution in [0.5, 0.6) is 0 Å². The van der Waals surface area contributed by atoms with Gasteiger partial charge in [0.05, 0.1) is 27.7 Å². The summed E-state index contributed by atoms with van der Waals surface area (Å²) in [6, 6.07) is 13.3. The lowest BCUT2D eigenvalue weighted by Crippen LogP contribution is -2.49. The third-order valence-electron chi connectivity index (χ3n) is 8.22. The number of ketones is 1. The van der Waals surface area contributed by atoms with E-state index in [1.807, 2.05) is 0 Å². The molecule has 0 unspecified atom stereocenters. The lowest BCUT2D eigenvalue weighted by atomic mass is 9.95. The van der Waals surface area contributed by atoms with Crippen molar-refractivity contribution in [3.05, 3.63) is 54.1 Å². The fourth-order valence-electron chi connectivity index (χ4n) is 5.38. The van der Waals surface area contributed by atoms with E-state index >= 15 is 0 Å². The van der Waals surface area contributed by atoms with E-state index in [-0.39, 0.29) is 17.7 Å². The molecule has 7 nitrogen and oxygen atoms in total. The topological polar surface area (TPSA) is 112 Å². The van der Waals surface area contributed by atoms with Crippen molar-refractivity contribution in [1.82, 2.24) is 4.90 Å². The summed E-state index contributed by atoms with van der Waals surface area (Å²) in [6.07, 6.45) is -4.55. The summed E-state index contributed by atoms with van der Waals surface area (Å²) < 4.78 is 68.5. The van der Waals surface area contributed by atoms with Crippen LogP contribution in [0.4, 0.5) is 13.2 Å². The van der Waals surface area contributed by atoms with Gasteiger partial charge < -0.3 is 4.90 Å². The SMILES string of the molecule is N#CC1(CC(=O)[C@@H]2C[C@@H](S(=O)(=O)c3ccc(-c4ccccc4C=O)cc3)CN2C(=O)C2(C(F)(F)F)CC2)CC1. The standard InChI is InChI=1S/C28H25F3N2O5S/c29-28(30,31)27(11-12-27)25(36)33-15-21(13-23(33)24(35)14-26(17-32)9-10-26)39(37,38)20-7-5-18(6-8-20)22-4-2-1-3-19(22)16-34/h1-8,16,21,23H,9-15H2/t21-,23+/m1/s1. The van der Waals surface area contributed by atoms with Gasteiger partial charge >= 0.3 is 6.18 Å². The van der Waals surface area contributed by atoms with Crippen molar-refractivity contribution in [3.63, 3.8) is 0 Å². The molecule has 204 valence electrons. The molecule has 11 heteroatoms. The number of carbonyl (C=O) groups is 3. The van der Waals surface area contributed by atoms with E-state index < -0.39 is 69.2 Å². The minimum atomic E-state index is -4.81. The van der Waals surface area contributed by atoms with Crippen molar-refractivity contribution in [1.29, 1.82) is 5.26 Å². The minimum Gasteiger partial charge on any atom is -0.331 e.